The van der Waals surface area contributed by atoms with Crippen LogP contribution in [-0.2, 0) is 10.0 Å². The summed E-state index contributed by atoms with van der Waals surface area (Å²) in [5.41, 5.74) is 0.683. The van der Waals surface area contributed by atoms with Crippen LogP contribution < -0.4 is 5.32 Å². The second-order valence-corrected chi connectivity index (χ2v) is 7.68. The predicted octanol–water partition coefficient (Wildman–Crippen LogP) is 2.24. The minimum absolute atomic E-state index is 0.115. The number of rotatable bonds is 5. The monoisotopic (exact) mass is 300 g/mol. The van der Waals surface area contributed by atoms with Crippen LogP contribution in [0.5, 0.6) is 0 Å². The molecule has 2 rings (SSSR count). The highest BCUT2D eigenvalue weighted by atomic mass is 32.2. The van der Waals surface area contributed by atoms with Gasteiger partial charge in [0.05, 0.1) is 5.69 Å². The molecule has 1 N–H and O–H groups in total. The van der Waals surface area contributed by atoms with Gasteiger partial charge < -0.3 is 5.32 Å². The summed E-state index contributed by atoms with van der Waals surface area (Å²) in [5, 5.41) is 3.12. The van der Waals surface area contributed by atoms with E-state index in [1.807, 2.05) is 30.8 Å². The molecule has 4 nitrogen and oxygen atoms in total. The smallest absolute Gasteiger partial charge is 0.245 e. The van der Waals surface area contributed by atoms with Crippen LogP contribution >= 0.6 is 11.8 Å². The maximum atomic E-state index is 12.7. The molecule has 1 aromatic rings. The first-order valence-electron chi connectivity index (χ1n) is 6.46. The van der Waals surface area contributed by atoms with Gasteiger partial charge in [-0.1, -0.05) is 12.1 Å². The first-order valence-corrected chi connectivity index (χ1v) is 9.05. The largest absolute Gasteiger partial charge is 0.384 e. The molecule has 0 spiro atoms. The molecular weight excluding hydrogens is 280 g/mol. The Morgan fingerprint density at radius 3 is 2.79 bits per heavy atom. The highest BCUT2D eigenvalue weighted by Crippen LogP contribution is 2.29. The van der Waals surface area contributed by atoms with Gasteiger partial charge >= 0.3 is 0 Å². The summed E-state index contributed by atoms with van der Waals surface area (Å²) in [6.45, 7) is 2.66. The van der Waals surface area contributed by atoms with E-state index in [1.54, 1.807) is 19.2 Å². The Morgan fingerprint density at radius 1 is 1.42 bits per heavy atom. The zero-order valence-corrected chi connectivity index (χ0v) is 12.9. The SMILES string of the molecule is CCNc1ccccc1S(=O)(=O)N(C)C1CCSC1. The van der Waals surface area contributed by atoms with Crippen molar-refractivity contribution in [3.05, 3.63) is 24.3 Å². The number of nitrogens with zero attached hydrogens (tertiary/aromatic N) is 1. The van der Waals surface area contributed by atoms with E-state index in [2.05, 4.69) is 5.32 Å². The van der Waals surface area contributed by atoms with Crippen molar-refractivity contribution in [1.29, 1.82) is 0 Å². The zero-order chi connectivity index (χ0) is 13.9. The van der Waals surface area contributed by atoms with Crippen LogP contribution in [0.25, 0.3) is 0 Å². The third kappa shape index (κ3) is 3.07. The van der Waals surface area contributed by atoms with Crippen molar-refractivity contribution in [2.75, 3.05) is 30.4 Å². The Labute approximate surface area is 119 Å². The summed E-state index contributed by atoms with van der Waals surface area (Å²) in [7, 11) is -1.73. The number of anilines is 1. The lowest BCUT2D eigenvalue weighted by Crippen LogP contribution is -2.37. The fourth-order valence-electron chi connectivity index (χ4n) is 2.19. The summed E-state index contributed by atoms with van der Waals surface area (Å²) in [6.07, 6.45) is 0.934. The molecule has 1 saturated heterocycles. The number of nitrogens with one attached hydrogen (secondary N) is 1. The zero-order valence-electron chi connectivity index (χ0n) is 11.3. The summed E-state index contributed by atoms with van der Waals surface area (Å²) in [4.78, 5) is 0.372. The van der Waals surface area contributed by atoms with E-state index in [1.165, 1.54) is 4.31 Å². The first-order chi connectivity index (χ1) is 9.07. The van der Waals surface area contributed by atoms with Crippen molar-refractivity contribution in [2.24, 2.45) is 0 Å². The molecule has 1 aromatic carbocycles. The van der Waals surface area contributed by atoms with Gasteiger partial charge in [0.1, 0.15) is 4.90 Å². The van der Waals surface area contributed by atoms with Crippen LogP contribution in [0.2, 0.25) is 0 Å². The van der Waals surface area contributed by atoms with E-state index < -0.39 is 10.0 Å². The molecule has 19 heavy (non-hydrogen) atoms. The Balaban J connectivity index is 2.33. The van der Waals surface area contributed by atoms with Crippen molar-refractivity contribution in [3.63, 3.8) is 0 Å². The molecule has 1 aliphatic rings. The van der Waals surface area contributed by atoms with Crippen LogP contribution in [0, 0.1) is 0 Å². The van der Waals surface area contributed by atoms with Crippen LogP contribution in [0.1, 0.15) is 13.3 Å². The minimum Gasteiger partial charge on any atom is -0.384 e. The minimum atomic E-state index is -3.42. The van der Waals surface area contributed by atoms with Crippen molar-refractivity contribution in [1.82, 2.24) is 4.31 Å². The van der Waals surface area contributed by atoms with Gasteiger partial charge in [0.25, 0.3) is 0 Å². The Hall–Kier alpha value is -0.720. The van der Waals surface area contributed by atoms with E-state index in [-0.39, 0.29) is 6.04 Å². The number of hydrogen-bond acceptors (Lipinski definition) is 4. The molecule has 0 aromatic heterocycles. The van der Waals surface area contributed by atoms with Crippen LogP contribution in [0.15, 0.2) is 29.2 Å². The quantitative estimate of drug-likeness (QED) is 0.906. The molecule has 6 heteroatoms. The second-order valence-electron chi connectivity index (χ2n) is 4.57. The highest BCUT2D eigenvalue weighted by Gasteiger charge is 2.31. The fraction of sp³-hybridized carbons (Fsp3) is 0.538. The maximum Gasteiger partial charge on any atom is 0.245 e. The van der Waals surface area contributed by atoms with E-state index >= 15 is 0 Å². The topological polar surface area (TPSA) is 49.4 Å². The molecule has 0 amide bonds. The van der Waals surface area contributed by atoms with Crippen molar-refractivity contribution in [2.45, 2.75) is 24.3 Å². The average molecular weight is 300 g/mol. The molecule has 1 atom stereocenters. The number of sulfonamides is 1. The van der Waals surface area contributed by atoms with E-state index in [0.717, 1.165) is 17.9 Å². The lowest BCUT2D eigenvalue weighted by Gasteiger charge is -2.24. The fourth-order valence-corrected chi connectivity index (χ4v) is 5.10. The molecule has 1 fully saturated rings. The average Bonchev–Trinajstić information content (AvgIpc) is 2.92. The summed E-state index contributed by atoms with van der Waals surface area (Å²) in [5.74, 6) is 1.93. The van der Waals surface area contributed by atoms with Gasteiger partial charge in [-0.25, -0.2) is 8.42 Å². The first kappa shape index (κ1) is 14.7. The van der Waals surface area contributed by atoms with Crippen molar-refractivity contribution < 1.29 is 8.42 Å². The third-order valence-electron chi connectivity index (χ3n) is 3.33. The number of hydrogen-bond donors (Lipinski definition) is 1. The molecule has 1 heterocycles. The van der Waals surface area contributed by atoms with Crippen LogP contribution in [-0.4, -0.2) is 43.9 Å². The lowest BCUT2D eigenvalue weighted by atomic mass is 10.3. The normalized spacial score (nSPS) is 19.8. The van der Waals surface area contributed by atoms with E-state index in [9.17, 15) is 8.42 Å². The van der Waals surface area contributed by atoms with Gasteiger partial charge in [-0.2, -0.15) is 16.1 Å². The standard InChI is InChI=1S/C13H20N2O2S2/c1-3-14-12-6-4-5-7-13(12)19(16,17)15(2)11-8-9-18-10-11/h4-7,11,14H,3,8-10H2,1-2H3. The maximum absolute atomic E-state index is 12.7. The molecule has 0 radical (unpaired) electrons. The van der Waals surface area contributed by atoms with E-state index in [4.69, 9.17) is 0 Å². The van der Waals surface area contributed by atoms with Gasteiger partial charge in [0, 0.05) is 25.4 Å². The highest BCUT2D eigenvalue weighted by molar-refractivity contribution is 7.99. The molecular formula is C13H20N2O2S2. The molecule has 106 valence electrons. The van der Waals surface area contributed by atoms with Crippen molar-refractivity contribution >= 4 is 27.5 Å². The number of para-hydroxylation sites is 1. The Bertz CT molecular complexity index is 525. The molecule has 1 aliphatic heterocycles. The third-order valence-corrected chi connectivity index (χ3v) is 6.44. The van der Waals surface area contributed by atoms with E-state index in [0.29, 0.717) is 17.1 Å². The molecule has 0 bridgehead atoms. The predicted molar refractivity (Wildman–Crippen MR) is 81.3 cm³/mol. The Kier molecular flexibility index (Phi) is 4.76. The number of benzene rings is 1. The molecule has 1 unspecified atom stereocenters. The molecule has 0 aliphatic carbocycles. The summed E-state index contributed by atoms with van der Waals surface area (Å²) >= 11 is 1.81. The lowest BCUT2D eigenvalue weighted by molar-refractivity contribution is 0.395. The van der Waals surface area contributed by atoms with Crippen molar-refractivity contribution in [3.8, 4) is 0 Å². The van der Waals surface area contributed by atoms with Gasteiger partial charge in [0.15, 0.2) is 0 Å². The molecule has 0 saturated carbocycles. The van der Waals surface area contributed by atoms with Gasteiger partial charge in [0.2, 0.25) is 10.0 Å². The second kappa shape index (κ2) is 6.15. The van der Waals surface area contributed by atoms with Gasteiger partial charge in [-0.15, -0.1) is 0 Å². The van der Waals surface area contributed by atoms with Gasteiger partial charge in [-0.05, 0) is 31.2 Å². The van der Waals surface area contributed by atoms with Crippen LogP contribution in [0.3, 0.4) is 0 Å². The van der Waals surface area contributed by atoms with Crippen LogP contribution in [0.4, 0.5) is 5.69 Å². The Morgan fingerprint density at radius 2 is 2.16 bits per heavy atom. The number of thioether (sulfide) groups is 1. The van der Waals surface area contributed by atoms with Gasteiger partial charge in [-0.3, -0.25) is 0 Å². The summed E-state index contributed by atoms with van der Waals surface area (Å²) < 4.78 is 26.9. The summed E-state index contributed by atoms with van der Waals surface area (Å²) in [6, 6.07) is 7.22.